The van der Waals surface area contributed by atoms with Crippen LogP contribution in [0.1, 0.15) is 95.9 Å². The van der Waals surface area contributed by atoms with E-state index in [4.69, 9.17) is 29.5 Å². The lowest BCUT2D eigenvalue weighted by Crippen LogP contribution is -2.45. The molecule has 22 nitrogen and oxygen atoms in total. The zero-order valence-electron chi connectivity index (χ0n) is 44.9. The third-order valence-corrected chi connectivity index (χ3v) is 12.9. The molecule has 434 valence electrons. The van der Waals surface area contributed by atoms with Crippen LogP contribution in [-0.4, -0.2) is 163 Å². The highest BCUT2D eigenvalue weighted by Crippen LogP contribution is 2.41. The van der Waals surface area contributed by atoms with E-state index in [1.807, 2.05) is 55.7 Å². The van der Waals surface area contributed by atoms with Crippen LogP contribution >= 0.6 is 11.8 Å². The minimum Gasteiger partial charge on any atom is -0.480 e. The molecule has 79 heavy (non-hydrogen) atoms. The molecule has 1 aliphatic heterocycles. The Bertz CT molecular complexity index is 2500. The second-order valence-electron chi connectivity index (χ2n) is 19.3. The fraction of sp³-hybridized carbons (Fsp3) is 0.537. The summed E-state index contributed by atoms with van der Waals surface area (Å²) < 4.78 is 53.6. The van der Waals surface area contributed by atoms with E-state index in [0.717, 1.165) is 35.5 Å². The van der Waals surface area contributed by atoms with Crippen LogP contribution in [0.2, 0.25) is 0 Å². The van der Waals surface area contributed by atoms with E-state index in [-0.39, 0.29) is 159 Å². The number of halogens is 2. The average molecular weight is 1130 g/mol. The predicted molar refractivity (Wildman–Crippen MR) is 284 cm³/mol. The van der Waals surface area contributed by atoms with Gasteiger partial charge in [0, 0.05) is 99.9 Å². The van der Waals surface area contributed by atoms with Gasteiger partial charge in [0.05, 0.1) is 64.6 Å². The zero-order chi connectivity index (χ0) is 57.7. The Kier molecular flexibility index (Phi) is 28.1. The first kappa shape index (κ1) is 64.7. The Morgan fingerprint density at radius 1 is 0.747 bits per heavy atom. The van der Waals surface area contributed by atoms with Gasteiger partial charge >= 0.3 is 11.9 Å². The van der Waals surface area contributed by atoms with Gasteiger partial charge in [0.2, 0.25) is 29.5 Å². The lowest BCUT2D eigenvalue weighted by Gasteiger charge is -2.41. The van der Waals surface area contributed by atoms with Crippen LogP contribution in [0.4, 0.5) is 8.78 Å². The molecule has 1 saturated heterocycles. The summed E-state index contributed by atoms with van der Waals surface area (Å²) in [6.07, 6.45) is 1.70. The number of nitrogens with one attached hydrogen (secondary N) is 3. The number of rotatable bonds is 38. The third kappa shape index (κ3) is 24.0. The number of carbonyl (C=O) groups excluding carboxylic acids is 8. The van der Waals surface area contributed by atoms with E-state index < -0.39 is 70.6 Å². The van der Waals surface area contributed by atoms with Crippen molar-refractivity contribution in [1.29, 1.82) is 0 Å². The molecule has 6 N–H and O–H groups in total. The quantitative estimate of drug-likeness (QED) is 0.0403. The fourth-order valence-electron chi connectivity index (χ4n) is 8.08. The summed E-state index contributed by atoms with van der Waals surface area (Å²) in [5, 5.41) is 18.4. The number of hydrogen-bond donors (Lipinski definition) is 5. The molecule has 0 saturated carbocycles. The normalized spacial score (nSPS) is 13.2. The van der Waals surface area contributed by atoms with Crippen LogP contribution in [-0.2, 0) is 73.5 Å². The summed E-state index contributed by atoms with van der Waals surface area (Å²) >= 11 is 1.01. The number of imide groups is 1. The lowest BCUT2D eigenvalue weighted by molar-refractivity contribution is -0.197. The molecule has 4 rings (SSSR count). The van der Waals surface area contributed by atoms with Crippen LogP contribution in [0.5, 0.6) is 0 Å². The van der Waals surface area contributed by atoms with Gasteiger partial charge in [0.1, 0.15) is 17.7 Å². The van der Waals surface area contributed by atoms with E-state index in [9.17, 15) is 52.6 Å². The molecule has 1 aromatic heterocycles. The Balaban J connectivity index is 1.19. The first-order valence-electron chi connectivity index (χ1n) is 26.0. The van der Waals surface area contributed by atoms with Gasteiger partial charge < -0.3 is 60.0 Å². The SMILES string of the molecule is CC(C)(C)[C@H](c1cc(-c2cc(F)ccc2F)cn1Cc1ccccc1)N(CCCNC(=O)CCC(N)=O)C(=O)CSC[C@H](NC(=O)CCOCCOCCOCCOCCNC(=O)CCCC(=O)ON1C(=O)CCC1=O)C(=O)O. The van der Waals surface area contributed by atoms with Crippen LogP contribution in [0.15, 0.2) is 60.8 Å². The molecule has 2 heterocycles. The number of carboxylic acid groups (broad SMARTS) is 1. The van der Waals surface area contributed by atoms with Gasteiger partial charge in [0.25, 0.3) is 11.8 Å². The summed E-state index contributed by atoms with van der Waals surface area (Å²) in [5.74, 6) is -7.13. The largest absolute Gasteiger partial charge is 0.480 e. The topological polar surface area (TPSA) is 294 Å². The zero-order valence-corrected chi connectivity index (χ0v) is 45.8. The van der Waals surface area contributed by atoms with Crippen LogP contribution in [0.25, 0.3) is 11.1 Å². The molecule has 7 amide bonds. The maximum absolute atomic E-state index is 15.3. The minimum atomic E-state index is -1.35. The molecule has 25 heteroatoms. The first-order chi connectivity index (χ1) is 37.7. The van der Waals surface area contributed by atoms with Gasteiger partial charge in [-0.05, 0) is 48.1 Å². The molecule has 0 aliphatic carbocycles. The Morgan fingerprint density at radius 2 is 1.37 bits per heavy atom. The lowest BCUT2D eigenvalue weighted by atomic mass is 9.83. The maximum Gasteiger partial charge on any atom is 0.333 e. The molecule has 0 bridgehead atoms. The smallest absolute Gasteiger partial charge is 0.333 e. The molecule has 3 aromatic rings. The standard InChI is InChI=1S/C54H73F2N7O15S/c1-54(2,3)52(43-31-38(40-32-39(55)13-14-41(40)56)34-61(43)33-37-9-5-4-6-10-37)62(22-8-20-58-46(66)16-15-44(57)64)50(70)36-79-35-42(53(72)73)60-47(67)19-23-74-25-27-76-29-30-77-28-26-75-24-21-59-45(65)11-7-12-51(71)78-63-48(68)17-18-49(63)69/h4-6,9-10,13-14,31-32,34,42,52H,7-8,11-12,15-30,33,35-36H2,1-3H3,(H2,57,64)(H,58,66)(H,59,65)(H,60,67)(H,72,73)/t42-,52-/m0/s1. The molecule has 2 atom stereocenters. The number of hydrogen-bond acceptors (Lipinski definition) is 15. The number of carboxylic acids is 1. The van der Waals surface area contributed by atoms with Gasteiger partial charge in [-0.25, -0.2) is 18.4 Å². The van der Waals surface area contributed by atoms with Crippen molar-refractivity contribution in [2.45, 2.75) is 97.2 Å². The molecule has 1 fully saturated rings. The average Bonchev–Trinajstić information content (AvgIpc) is 4.16. The van der Waals surface area contributed by atoms with Gasteiger partial charge in [-0.3, -0.25) is 33.6 Å². The molecular weight excluding hydrogens is 1060 g/mol. The van der Waals surface area contributed by atoms with Gasteiger partial charge in [0.15, 0.2) is 0 Å². The predicted octanol–water partition coefficient (Wildman–Crippen LogP) is 3.82. The monoisotopic (exact) mass is 1130 g/mol. The van der Waals surface area contributed by atoms with E-state index in [0.29, 0.717) is 22.9 Å². The van der Waals surface area contributed by atoms with Crippen molar-refractivity contribution in [1.82, 2.24) is 30.5 Å². The Labute approximate surface area is 462 Å². The fourth-order valence-corrected chi connectivity index (χ4v) is 9.00. The highest BCUT2D eigenvalue weighted by Gasteiger charge is 2.38. The number of aromatic nitrogens is 1. The number of ether oxygens (including phenoxy) is 4. The number of amides is 7. The molecule has 2 aromatic carbocycles. The third-order valence-electron chi connectivity index (χ3n) is 11.9. The number of benzene rings is 2. The van der Waals surface area contributed by atoms with Gasteiger partial charge in [-0.2, -0.15) is 0 Å². The maximum atomic E-state index is 15.3. The minimum absolute atomic E-state index is 0.00296. The van der Waals surface area contributed by atoms with Crippen LogP contribution in [0.3, 0.4) is 0 Å². The Morgan fingerprint density at radius 3 is 2.00 bits per heavy atom. The number of nitrogens with zero attached hydrogens (tertiary/aromatic N) is 3. The molecular formula is C54H73F2N7O15S. The summed E-state index contributed by atoms with van der Waals surface area (Å²) in [4.78, 5) is 117. The molecule has 1 aliphatic rings. The molecule has 0 radical (unpaired) electrons. The van der Waals surface area contributed by atoms with Crippen LogP contribution < -0.4 is 21.7 Å². The van der Waals surface area contributed by atoms with Gasteiger partial charge in [-0.1, -0.05) is 51.1 Å². The van der Waals surface area contributed by atoms with Crippen LogP contribution in [0, 0.1) is 17.0 Å². The van der Waals surface area contributed by atoms with Crippen molar-refractivity contribution in [2.75, 3.05) is 84.0 Å². The van der Waals surface area contributed by atoms with Crippen molar-refractivity contribution >= 4 is 65.1 Å². The highest BCUT2D eigenvalue weighted by molar-refractivity contribution is 8.00. The summed E-state index contributed by atoms with van der Waals surface area (Å²) in [6, 6.07) is 12.4. The van der Waals surface area contributed by atoms with E-state index in [1.165, 1.54) is 0 Å². The molecule has 0 spiro atoms. The van der Waals surface area contributed by atoms with Crippen molar-refractivity contribution in [2.24, 2.45) is 11.1 Å². The first-order valence-corrected chi connectivity index (χ1v) is 27.2. The van der Waals surface area contributed by atoms with Crippen molar-refractivity contribution in [3.63, 3.8) is 0 Å². The van der Waals surface area contributed by atoms with Crippen molar-refractivity contribution < 1.29 is 80.8 Å². The highest BCUT2D eigenvalue weighted by atomic mass is 32.2. The van der Waals surface area contributed by atoms with Gasteiger partial charge in [-0.15, -0.1) is 16.8 Å². The number of nitrogens with two attached hydrogens (primary N) is 1. The molecule has 0 unspecified atom stereocenters. The summed E-state index contributed by atoms with van der Waals surface area (Å²) in [7, 11) is 0. The number of aliphatic carboxylic acids is 1. The van der Waals surface area contributed by atoms with Crippen molar-refractivity contribution in [3.05, 3.63) is 83.7 Å². The number of primary amides is 1. The van der Waals surface area contributed by atoms with E-state index in [1.54, 1.807) is 17.2 Å². The van der Waals surface area contributed by atoms with Crippen molar-refractivity contribution in [3.8, 4) is 11.1 Å². The number of thioether (sulfide) groups is 1. The Hall–Kier alpha value is -6.80. The second-order valence-corrected chi connectivity index (χ2v) is 20.4. The second kappa shape index (κ2) is 34.3. The number of hydroxylamine groups is 2. The summed E-state index contributed by atoms with van der Waals surface area (Å²) in [6.45, 7) is 8.26. The number of carbonyl (C=O) groups is 9. The summed E-state index contributed by atoms with van der Waals surface area (Å²) in [5.41, 5.74) is 6.46. The van der Waals surface area contributed by atoms with E-state index in [2.05, 4.69) is 16.0 Å². The van der Waals surface area contributed by atoms with E-state index >= 15 is 4.39 Å².